The lowest BCUT2D eigenvalue weighted by Gasteiger charge is -2.14. The molecule has 0 aromatic heterocycles. The molecule has 82 valence electrons. The van der Waals surface area contributed by atoms with E-state index in [1.165, 1.54) is 6.21 Å². The van der Waals surface area contributed by atoms with E-state index in [1.807, 2.05) is 30.3 Å². The smallest absolute Gasteiger partial charge is 0.200 e. The van der Waals surface area contributed by atoms with Gasteiger partial charge in [0.25, 0.3) is 0 Å². The van der Waals surface area contributed by atoms with Crippen LogP contribution in [0.15, 0.2) is 48.4 Å². The van der Waals surface area contributed by atoms with Crippen molar-refractivity contribution in [3.8, 4) is 5.75 Å². The van der Waals surface area contributed by atoms with Crippen LogP contribution in [0.2, 0.25) is 0 Å². The average Bonchev–Trinajstić information content (AvgIpc) is 2.67. The van der Waals surface area contributed by atoms with E-state index in [1.54, 1.807) is 12.2 Å². The quantitative estimate of drug-likeness (QED) is 0.785. The lowest BCUT2D eigenvalue weighted by atomic mass is 10.3. The molecule has 3 nitrogen and oxygen atoms in total. The third-order valence-electron chi connectivity index (χ3n) is 2.40. The number of ether oxygens (including phenoxy) is 1. The van der Waals surface area contributed by atoms with E-state index in [4.69, 9.17) is 10.1 Å². The first-order valence-electron chi connectivity index (χ1n) is 5.28. The van der Waals surface area contributed by atoms with Crippen LogP contribution in [-0.2, 0) is 0 Å². The Balaban J connectivity index is 2.30. The zero-order chi connectivity index (χ0) is 11.4. The Morgan fingerprint density at radius 2 is 2.12 bits per heavy atom. The average molecular weight is 214 g/mol. The summed E-state index contributed by atoms with van der Waals surface area (Å²) in [5, 5.41) is 6.91. The summed E-state index contributed by atoms with van der Waals surface area (Å²) in [6.45, 7) is 2.95. The molecule has 2 rings (SSSR count). The number of nitrogens with one attached hydrogen (secondary N) is 1. The summed E-state index contributed by atoms with van der Waals surface area (Å²) < 4.78 is 5.72. The highest BCUT2D eigenvalue weighted by Crippen LogP contribution is 2.38. The van der Waals surface area contributed by atoms with Crippen LogP contribution in [0.5, 0.6) is 5.75 Å². The maximum atomic E-state index is 6.91. The Morgan fingerprint density at radius 1 is 1.31 bits per heavy atom. The van der Waals surface area contributed by atoms with Gasteiger partial charge in [0, 0.05) is 12.8 Å². The molecule has 0 atom stereocenters. The van der Waals surface area contributed by atoms with E-state index in [-0.39, 0.29) is 0 Å². The first-order chi connectivity index (χ1) is 7.86. The maximum Gasteiger partial charge on any atom is 0.200 e. The number of fused-ring (bicyclic) bond motifs is 1. The van der Waals surface area contributed by atoms with Gasteiger partial charge in [-0.3, -0.25) is 0 Å². The lowest BCUT2D eigenvalue weighted by Crippen LogP contribution is -2.18. The van der Waals surface area contributed by atoms with Gasteiger partial charge in [-0.15, -0.1) is 0 Å². The van der Waals surface area contributed by atoms with Crippen molar-refractivity contribution in [3.05, 3.63) is 48.4 Å². The fourth-order valence-corrected chi connectivity index (χ4v) is 1.70. The summed E-state index contributed by atoms with van der Waals surface area (Å²) >= 11 is 0. The Hall–Kier alpha value is -2.03. The normalized spacial score (nSPS) is 16.6. The molecule has 1 heterocycles. The first kappa shape index (κ1) is 10.5. The molecule has 3 heteroatoms. The number of anilines is 1. The van der Waals surface area contributed by atoms with E-state index < -0.39 is 0 Å². The van der Waals surface area contributed by atoms with E-state index in [9.17, 15) is 0 Å². The molecule has 0 radical (unpaired) electrons. The third-order valence-corrected chi connectivity index (χ3v) is 2.40. The molecular weight excluding hydrogens is 200 g/mol. The highest BCUT2D eigenvalue weighted by atomic mass is 16.5. The van der Waals surface area contributed by atoms with Gasteiger partial charge in [-0.2, -0.15) is 0 Å². The predicted octanol–water partition coefficient (Wildman–Crippen LogP) is 2.95. The standard InChI is InChI=1S/C13H14N2O/c1-2-15-11-7-3-4-8-12(11)16-13(15)9-5-6-10-14/h3-10,14H,2H2,1H3/b6-5+,13-9+,14-10?. The molecule has 1 aliphatic heterocycles. The SMILES string of the molecule is CCN1/C(=C\C=C\C=N)Oc2ccccc21. The number of para-hydroxylation sites is 2. The third kappa shape index (κ3) is 1.84. The molecule has 1 N–H and O–H groups in total. The predicted molar refractivity (Wildman–Crippen MR) is 66.1 cm³/mol. The van der Waals surface area contributed by atoms with E-state index in [0.717, 1.165) is 23.9 Å². The molecule has 0 bridgehead atoms. The minimum absolute atomic E-state index is 0.807. The summed E-state index contributed by atoms with van der Waals surface area (Å²) in [5.74, 6) is 1.70. The van der Waals surface area contributed by atoms with E-state index >= 15 is 0 Å². The van der Waals surface area contributed by atoms with Gasteiger partial charge in [-0.05, 0) is 31.2 Å². The van der Waals surface area contributed by atoms with Crippen LogP contribution in [0.4, 0.5) is 5.69 Å². The van der Waals surface area contributed by atoms with Gasteiger partial charge < -0.3 is 15.0 Å². The van der Waals surface area contributed by atoms with Crippen molar-refractivity contribution in [3.63, 3.8) is 0 Å². The molecule has 1 aliphatic rings. The number of rotatable bonds is 3. The van der Waals surface area contributed by atoms with Crippen molar-refractivity contribution in [1.82, 2.24) is 0 Å². The number of nitrogens with zero attached hydrogens (tertiary/aromatic N) is 1. The van der Waals surface area contributed by atoms with Crippen molar-refractivity contribution in [1.29, 1.82) is 5.41 Å². The van der Waals surface area contributed by atoms with Crippen molar-refractivity contribution < 1.29 is 4.74 Å². The van der Waals surface area contributed by atoms with Gasteiger partial charge in [-0.25, -0.2) is 0 Å². The molecule has 0 saturated carbocycles. The highest BCUT2D eigenvalue weighted by Gasteiger charge is 2.23. The molecule has 16 heavy (non-hydrogen) atoms. The number of benzene rings is 1. The Morgan fingerprint density at radius 3 is 2.88 bits per heavy atom. The largest absolute Gasteiger partial charge is 0.439 e. The fourth-order valence-electron chi connectivity index (χ4n) is 1.70. The molecular formula is C13H14N2O. The zero-order valence-corrected chi connectivity index (χ0v) is 9.18. The van der Waals surface area contributed by atoms with Gasteiger partial charge in [0.05, 0.1) is 5.69 Å². The second kappa shape index (κ2) is 4.66. The molecule has 0 aliphatic carbocycles. The van der Waals surface area contributed by atoms with Crippen molar-refractivity contribution >= 4 is 11.9 Å². The van der Waals surface area contributed by atoms with Gasteiger partial charge in [0.2, 0.25) is 5.88 Å². The summed E-state index contributed by atoms with van der Waals surface area (Å²) in [4.78, 5) is 2.10. The summed E-state index contributed by atoms with van der Waals surface area (Å²) in [5.41, 5.74) is 1.10. The highest BCUT2D eigenvalue weighted by molar-refractivity contribution is 5.69. The Bertz CT molecular complexity index is 449. The van der Waals surface area contributed by atoms with Crippen LogP contribution in [0.3, 0.4) is 0 Å². The number of allylic oxidation sites excluding steroid dienone is 3. The van der Waals surface area contributed by atoms with Gasteiger partial charge >= 0.3 is 0 Å². The summed E-state index contributed by atoms with van der Waals surface area (Å²) in [6, 6.07) is 7.96. The topological polar surface area (TPSA) is 36.3 Å². The lowest BCUT2D eigenvalue weighted by molar-refractivity contribution is 0.440. The minimum Gasteiger partial charge on any atom is -0.439 e. The molecule has 0 amide bonds. The first-order valence-corrected chi connectivity index (χ1v) is 5.28. The maximum absolute atomic E-state index is 6.91. The van der Waals surface area contributed by atoms with Gasteiger partial charge in [0.15, 0.2) is 5.75 Å². The molecule has 1 aromatic carbocycles. The van der Waals surface area contributed by atoms with Crippen LogP contribution in [0.25, 0.3) is 0 Å². The number of hydrogen-bond acceptors (Lipinski definition) is 3. The van der Waals surface area contributed by atoms with Crippen molar-refractivity contribution in [2.24, 2.45) is 0 Å². The molecule has 0 saturated heterocycles. The zero-order valence-electron chi connectivity index (χ0n) is 9.18. The molecule has 0 spiro atoms. The second-order valence-electron chi connectivity index (χ2n) is 3.37. The van der Waals surface area contributed by atoms with Crippen LogP contribution in [-0.4, -0.2) is 12.8 Å². The Kier molecular flexibility index (Phi) is 3.05. The van der Waals surface area contributed by atoms with E-state index in [0.29, 0.717) is 0 Å². The Labute approximate surface area is 95.2 Å². The summed E-state index contributed by atoms with van der Waals surface area (Å²) in [6.07, 6.45) is 6.58. The van der Waals surface area contributed by atoms with Gasteiger partial charge in [0.1, 0.15) is 0 Å². The molecule has 0 fully saturated rings. The van der Waals surface area contributed by atoms with Crippen molar-refractivity contribution in [2.45, 2.75) is 6.92 Å². The van der Waals surface area contributed by atoms with Crippen LogP contribution in [0.1, 0.15) is 6.92 Å². The fraction of sp³-hybridized carbons (Fsp3) is 0.154. The molecule has 1 aromatic rings. The van der Waals surface area contributed by atoms with Gasteiger partial charge in [-0.1, -0.05) is 18.2 Å². The van der Waals surface area contributed by atoms with Crippen molar-refractivity contribution in [2.75, 3.05) is 11.4 Å². The second-order valence-corrected chi connectivity index (χ2v) is 3.37. The van der Waals surface area contributed by atoms with E-state index in [2.05, 4.69) is 11.8 Å². The van der Waals surface area contributed by atoms with Crippen LogP contribution >= 0.6 is 0 Å². The summed E-state index contributed by atoms with van der Waals surface area (Å²) in [7, 11) is 0. The minimum atomic E-state index is 0.807. The molecule has 0 unspecified atom stereocenters. The van der Waals surface area contributed by atoms with Crippen LogP contribution < -0.4 is 9.64 Å². The monoisotopic (exact) mass is 214 g/mol. The van der Waals surface area contributed by atoms with Crippen LogP contribution in [0, 0.1) is 5.41 Å². The number of hydrogen-bond donors (Lipinski definition) is 1.